The molecule has 0 aliphatic rings. The quantitative estimate of drug-likeness (QED) is 0.887. The van der Waals surface area contributed by atoms with Crippen molar-refractivity contribution in [1.29, 1.82) is 0 Å². The molecule has 0 unspecified atom stereocenters. The largest absolute Gasteiger partial charge is 0.368 e. The fourth-order valence-electron chi connectivity index (χ4n) is 2.15. The molecule has 2 rings (SSSR count). The van der Waals surface area contributed by atoms with Crippen LogP contribution in [0, 0.1) is 13.8 Å². The van der Waals surface area contributed by atoms with E-state index in [1.54, 1.807) is 31.2 Å². The van der Waals surface area contributed by atoms with Gasteiger partial charge < -0.3 is 5.32 Å². The fourth-order valence-corrected chi connectivity index (χ4v) is 3.42. The van der Waals surface area contributed by atoms with Crippen LogP contribution in [-0.4, -0.2) is 19.4 Å². The molecular weight excluding hydrogens is 298 g/mol. The van der Waals surface area contributed by atoms with Gasteiger partial charge in [-0.05, 0) is 51.5 Å². The molecule has 0 atom stereocenters. The van der Waals surface area contributed by atoms with E-state index in [1.165, 1.54) is 6.20 Å². The second-order valence-corrected chi connectivity index (χ2v) is 7.26. The molecule has 0 aliphatic carbocycles. The Balaban J connectivity index is 2.21. The average molecular weight is 319 g/mol. The summed E-state index contributed by atoms with van der Waals surface area (Å²) in [7, 11) is -3.61. The highest BCUT2D eigenvalue weighted by Crippen LogP contribution is 2.20. The monoisotopic (exact) mass is 319 g/mol. The molecule has 1 aromatic heterocycles. The average Bonchev–Trinajstić information content (AvgIpc) is 2.39. The van der Waals surface area contributed by atoms with Crippen molar-refractivity contribution in [3.05, 3.63) is 47.7 Å². The van der Waals surface area contributed by atoms with Gasteiger partial charge in [-0.15, -0.1) is 0 Å². The zero-order chi connectivity index (χ0) is 16.3. The molecule has 1 heterocycles. The minimum absolute atomic E-state index is 0.269. The van der Waals surface area contributed by atoms with Crippen molar-refractivity contribution in [2.45, 2.75) is 38.6 Å². The molecule has 0 fully saturated rings. The van der Waals surface area contributed by atoms with Gasteiger partial charge in [0.15, 0.2) is 0 Å². The zero-order valence-electron chi connectivity index (χ0n) is 13.2. The Morgan fingerprint density at radius 1 is 1.09 bits per heavy atom. The molecule has 0 radical (unpaired) electrons. The highest BCUT2D eigenvalue weighted by atomic mass is 32.2. The summed E-state index contributed by atoms with van der Waals surface area (Å²) >= 11 is 0. The number of aromatic nitrogens is 1. The first-order valence-corrected chi connectivity index (χ1v) is 8.59. The van der Waals surface area contributed by atoms with Crippen molar-refractivity contribution in [2.75, 3.05) is 10.0 Å². The predicted octanol–water partition coefficient (Wildman–Crippen LogP) is 3.32. The first-order valence-electron chi connectivity index (χ1n) is 7.10. The third kappa shape index (κ3) is 3.98. The lowest BCUT2D eigenvalue weighted by atomic mass is 10.2. The summed E-state index contributed by atoms with van der Waals surface area (Å²) in [6.45, 7) is 7.74. The SMILES string of the molecule is Cc1ccc(S(=O)(=O)Nc2ccc(NC(C)C)nc2)c(C)c1. The number of nitrogens with zero attached hydrogens (tertiary/aromatic N) is 1. The second kappa shape index (κ2) is 6.36. The van der Waals surface area contributed by atoms with Crippen LogP contribution in [0.25, 0.3) is 0 Å². The second-order valence-electron chi connectivity index (χ2n) is 5.61. The molecule has 0 amide bonds. The zero-order valence-corrected chi connectivity index (χ0v) is 14.0. The van der Waals surface area contributed by atoms with E-state index in [-0.39, 0.29) is 10.9 Å². The van der Waals surface area contributed by atoms with Gasteiger partial charge in [0.1, 0.15) is 5.82 Å². The number of hydrogen-bond donors (Lipinski definition) is 2. The summed E-state index contributed by atoms with van der Waals surface area (Å²) in [5.41, 5.74) is 2.19. The Morgan fingerprint density at radius 2 is 1.82 bits per heavy atom. The summed E-state index contributed by atoms with van der Waals surface area (Å²) < 4.78 is 27.4. The lowest BCUT2D eigenvalue weighted by molar-refractivity contribution is 0.600. The van der Waals surface area contributed by atoms with E-state index in [0.29, 0.717) is 11.5 Å². The summed E-state index contributed by atoms with van der Waals surface area (Å²) in [5.74, 6) is 0.712. The van der Waals surface area contributed by atoms with Crippen molar-refractivity contribution >= 4 is 21.5 Å². The van der Waals surface area contributed by atoms with E-state index in [0.717, 1.165) is 11.1 Å². The van der Waals surface area contributed by atoms with Gasteiger partial charge in [0, 0.05) is 6.04 Å². The van der Waals surface area contributed by atoms with Gasteiger partial charge in [0.05, 0.1) is 16.8 Å². The number of nitrogens with one attached hydrogen (secondary N) is 2. The third-order valence-corrected chi connectivity index (χ3v) is 4.61. The lowest BCUT2D eigenvalue weighted by Crippen LogP contribution is -2.15. The molecule has 22 heavy (non-hydrogen) atoms. The summed E-state index contributed by atoms with van der Waals surface area (Å²) in [6, 6.07) is 8.97. The molecule has 5 nitrogen and oxygen atoms in total. The molecule has 0 saturated heterocycles. The number of benzene rings is 1. The molecular formula is C16H21N3O2S. The van der Waals surface area contributed by atoms with Gasteiger partial charge in [0.2, 0.25) is 0 Å². The van der Waals surface area contributed by atoms with Crippen LogP contribution < -0.4 is 10.0 Å². The van der Waals surface area contributed by atoms with Crippen molar-refractivity contribution in [1.82, 2.24) is 4.98 Å². The normalized spacial score (nSPS) is 11.5. The number of hydrogen-bond acceptors (Lipinski definition) is 4. The van der Waals surface area contributed by atoms with E-state index in [1.807, 2.05) is 26.8 Å². The molecule has 6 heteroatoms. The van der Waals surface area contributed by atoms with Gasteiger partial charge >= 0.3 is 0 Å². The fraction of sp³-hybridized carbons (Fsp3) is 0.312. The summed E-state index contributed by atoms with van der Waals surface area (Å²) in [6.07, 6.45) is 1.51. The summed E-state index contributed by atoms with van der Waals surface area (Å²) in [5, 5.41) is 3.15. The van der Waals surface area contributed by atoms with Crippen molar-refractivity contribution in [3.8, 4) is 0 Å². The minimum atomic E-state index is -3.61. The third-order valence-electron chi connectivity index (χ3n) is 3.07. The Kier molecular flexibility index (Phi) is 4.71. The Bertz CT molecular complexity index is 753. The van der Waals surface area contributed by atoms with Crippen molar-refractivity contribution in [2.24, 2.45) is 0 Å². The molecule has 0 bridgehead atoms. The topological polar surface area (TPSA) is 71.1 Å². The van der Waals surface area contributed by atoms with Crippen LogP contribution in [0.5, 0.6) is 0 Å². The van der Waals surface area contributed by atoms with Crippen LogP contribution in [0.2, 0.25) is 0 Å². The van der Waals surface area contributed by atoms with Crippen LogP contribution >= 0.6 is 0 Å². The van der Waals surface area contributed by atoms with Crippen LogP contribution in [0.3, 0.4) is 0 Å². The smallest absolute Gasteiger partial charge is 0.262 e. The highest BCUT2D eigenvalue weighted by molar-refractivity contribution is 7.92. The molecule has 0 spiro atoms. The maximum atomic E-state index is 12.4. The van der Waals surface area contributed by atoms with Crippen LogP contribution in [0.15, 0.2) is 41.4 Å². The van der Waals surface area contributed by atoms with Gasteiger partial charge in [-0.2, -0.15) is 0 Å². The molecule has 0 saturated carbocycles. The van der Waals surface area contributed by atoms with Crippen LogP contribution in [-0.2, 0) is 10.0 Å². The molecule has 118 valence electrons. The number of sulfonamides is 1. The molecule has 0 aliphatic heterocycles. The van der Waals surface area contributed by atoms with E-state index in [9.17, 15) is 8.42 Å². The number of aryl methyl sites for hydroxylation is 2. The van der Waals surface area contributed by atoms with E-state index < -0.39 is 10.0 Å². The number of anilines is 2. The maximum Gasteiger partial charge on any atom is 0.262 e. The van der Waals surface area contributed by atoms with Crippen LogP contribution in [0.1, 0.15) is 25.0 Å². The van der Waals surface area contributed by atoms with Crippen molar-refractivity contribution < 1.29 is 8.42 Å². The van der Waals surface area contributed by atoms with Gasteiger partial charge in [-0.3, -0.25) is 4.72 Å². The highest BCUT2D eigenvalue weighted by Gasteiger charge is 2.17. The Morgan fingerprint density at radius 3 is 2.36 bits per heavy atom. The molecule has 2 N–H and O–H groups in total. The van der Waals surface area contributed by atoms with Crippen molar-refractivity contribution in [3.63, 3.8) is 0 Å². The van der Waals surface area contributed by atoms with E-state index in [4.69, 9.17) is 0 Å². The summed E-state index contributed by atoms with van der Waals surface area (Å²) in [4.78, 5) is 4.48. The van der Waals surface area contributed by atoms with E-state index >= 15 is 0 Å². The van der Waals surface area contributed by atoms with Gasteiger partial charge in [-0.25, -0.2) is 13.4 Å². The first-order chi connectivity index (χ1) is 10.3. The number of pyridine rings is 1. The molecule has 2 aromatic rings. The van der Waals surface area contributed by atoms with Gasteiger partial charge in [0.25, 0.3) is 10.0 Å². The Labute approximate surface area is 131 Å². The van der Waals surface area contributed by atoms with Crippen LogP contribution in [0.4, 0.5) is 11.5 Å². The molecule has 1 aromatic carbocycles. The Hall–Kier alpha value is -2.08. The minimum Gasteiger partial charge on any atom is -0.368 e. The van der Waals surface area contributed by atoms with E-state index in [2.05, 4.69) is 15.0 Å². The number of rotatable bonds is 5. The standard InChI is InChI=1S/C16H21N3O2S/c1-11(2)18-16-8-6-14(10-17-16)19-22(20,21)15-7-5-12(3)9-13(15)4/h5-11,19H,1-4H3,(H,17,18). The first kappa shape index (κ1) is 16.3. The predicted molar refractivity (Wildman–Crippen MR) is 89.7 cm³/mol. The van der Waals surface area contributed by atoms with Gasteiger partial charge in [-0.1, -0.05) is 17.7 Å². The maximum absolute atomic E-state index is 12.4. The lowest BCUT2D eigenvalue weighted by Gasteiger charge is -2.12.